The fourth-order valence-corrected chi connectivity index (χ4v) is 8.27. The van der Waals surface area contributed by atoms with Crippen LogP contribution in [-0.4, -0.2) is 47.8 Å². The molecule has 1 aromatic heterocycles. The molecule has 1 aliphatic carbocycles. The molecule has 4 aromatic rings. The molecule has 1 fully saturated rings. The van der Waals surface area contributed by atoms with Crippen molar-refractivity contribution in [2.75, 3.05) is 18.1 Å². The van der Waals surface area contributed by atoms with E-state index >= 15 is 4.39 Å². The van der Waals surface area contributed by atoms with Gasteiger partial charge in [-0.25, -0.2) is 30.8 Å². The summed E-state index contributed by atoms with van der Waals surface area (Å²) < 4.78 is 92.1. The molecule has 1 amide bonds. The number of anilines is 1. The average Bonchev–Trinajstić information content (AvgIpc) is 3.95. The van der Waals surface area contributed by atoms with Gasteiger partial charge in [-0.2, -0.15) is 4.31 Å². The van der Waals surface area contributed by atoms with Gasteiger partial charge in [0.25, 0.3) is 0 Å². The predicted molar refractivity (Wildman–Crippen MR) is 194 cm³/mol. The Morgan fingerprint density at radius 2 is 1.68 bits per heavy atom. The lowest BCUT2D eigenvalue weighted by Crippen LogP contribution is -2.43. The van der Waals surface area contributed by atoms with Crippen LogP contribution in [-0.2, 0) is 33.3 Å². The van der Waals surface area contributed by atoms with Gasteiger partial charge in [-0.1, -0.05) is 50.6 Å². The maximum absolute atomic E-state index is 15.3. The number of carbonyl (C=O) groups is 2. The number of nitrogens with zero attached hydrogens (tertiary/aromatic N) is 3. The summed E-state index contributed by atoms with van der Waals surface area (Å²) in [5.74, 6) is -10.7. The van der Waals surface area contributed by atoms with Crippen LogP contribution in [0.1, 0.15) is 79.1 Å². The number of sulfonamides is 1. The fraction of sp³-hybridized carbons (Fsp3) is 0.324. The van der Waals surface area contributed by atoms with Crippen LogP contribution in [0.3, 0.4) is 0 Å². The molecule has 0 atom stereocenters. The van der Waals surface area contributed by atoms with E-state index in [1.54, 1.807) is 6.92 Å². The van der Waals surface area contributed by atoms with Crippen LogP contribution in [0.5, 0.6) is 5.75 Å². The quantitative estimate of drug-likeness (QED) is 0.0813. The summed E-state index contributed by atoms with van der Waals surface area (Å²) in [5, 5.41) is 9.65. The molecule has 0 aliphatic heterocycles. The Labute approximate surface area is 317 Å². The minimum atomic E-state index is -5.37. The van der Waals surface area contributed by atoms with E-state index in [4.69, 9.17) is 16.3 Å². The number of benzene rings is 3. The summed E-state index contributed by atoms with van der Waals surface area (Å²) >= 11 is 8.86. The molecule has 53 heavy (non-hydrogen) atoms. The van der Waals surface area contributed by atoms with E-state index in [0.717, 1.165) is 24.0 Å². The van der Waals surface area contributed by atoms with Crippen molar-refractivity contribution in [3.63, 3.8) is 0 Å². The Balaban J connectivity index is 1.68. The first-order chi connectivity index (χ1) is 24.8. The molecule has 9 nitrogen and oxygen atoms in total. The van der Waals surface area contributed by atoms with Crippen LogP contribution in [0.15, 0.2) is 64.2 Å². The molecule has 3 aromatic carbocycles. The second kappa shape index (κ2) is 15.7. The number of pyridine rings is 1. The monoisotopic (exact) mass is 839 g/mol. The lowest BCUT2D eigenvalue weighted by Gasteiger charge is -2.30. The SMILES string of the molecule is CCOc1cc(C(=O)O)ccc1N(Cc1cc(C2CC2)cc(C(C)(C)C)c1)C(=O)CN(Cc1ccncc1Cl)S(=O)(=O)c1c(F)c(F)c(F)c(F)c1Br. The normalized spacial score (nSPS) is 13.3. The number of carboxylic acids is 1. The van der Waals surface area contributed by atoms with Gasteiger partial charge in [-0.05, 0) is 93.5 Å². The van der Waals surface area contributed by atoms with E-state index in [0.29, 0.717) is 15.8 Å². The molecule has 1 aliphatic rings. The standard InChI is InChI=1S/C37H35BrClF4N3O6S/c1-5-52-28-15-22(36(48)49)8-9-27(28)46(17-20-12-24(21-6-7-21)14-25(13-20)37(2,3)4)29(47)19-45(18-23-10-11-44-16-26(23)39)53(50,51)35-30(38)31(40)32(41)33(42)34(35)43/h8-16,21H,5-7,17-19H2,1-4H3,(H,48,49). The summed E-state index contributed by atoms with van der Waals surface area (Å²) in [6.45, 7) is 5.90. The molecule has 1 heterocycles. The van der Waals surface area contributed by atoms with Gasteiger partial charge in [-0.3, -0.25) is 9.78 Å². The van der Waals surface area contributed by atoms with E-state index in [2.05, 4.69) is 27.0 Å². The molecule has 0 radical (unpaired) electrons. The number of aromatic carboxylic acids is 1. The number of hydrogen-bond acceptors (Lipinski definition) is 6. The summed E-state index contributed by atoms with van der Waals surface area (Å²) in [6, 6.07) is 11.1. The summed E-state index contributed by atoms with van der Waals surface area (Å²) in [4.78, 5) is 30.0. The van der Waals surface area contributed by atoms with Crippen LogP contribution in [0.4, 0.5) is 23.2 Å². The highest BCUT2D eigenvalue weighted by Gasteiger charge is 2.38. The van der Waals surface area contributed by atoms with Gasteiger partial charge < -0.3 is 14.7 Å². The molecule has 0 bridgehead atoms. The molecule has 5 rings (SSSR count). The fourth-order valence-electron chi connectivity index (χ4n) is 5.65. The Morgan fingerprint density at radius 1 is 1.00 bits per heavy atom. The average molecular weight is 841 g/mol. The van der Waals surface area contributed by atoms with E-state index in [1.165, 1.54) is 41.6 Å². The Kier molecular flexibility index (Phi) is 11.9. The zero-order valence-electron chi connectivity index (χ0n) is 29.0. The van der Waals surface area contributed by atoms with Crippen molar-refractivity contribution in [3.8, 4) is 5.75 Å². The van der Waals surface area contributed by atoms with Crippen molar-refractivity contribution in [2.24, 2.45) is 0 Å². The summed E-state index contributed by atoms with van der Waals surface area (Å²) in [6.07, 6.45) is 4.46. The predicted octanol–water partition coefficient (Wildman–Crippen LogP) is 8.75. The molecule has 0 unspecified atom stereocenters. The lowest BCUT2D eigenvalue weighted by molar-refractivity contribution is -0.119. The number of hydrogen-bond donors (Lipinski definition) is 1. The second-order valence-electron chi connectivity index (χ2n) is 13.5. The highest BCUT2D eigenvalue weighted by atomic mass is 79.9. The van der Waals surface area contributed by atoms with Crippen molar-refractivity contribution in [1.29, 1.82) is 0 Å². The minimum Gasteiger partial charge on any atom is -0.492 e. The first kappa shape index (κ1) is 40.1. The Bertz CT molecular complexity index is 2170. The maximum atomic E-state index is 15.3. The highest BCUT2D eigenvalue weighted by Crippen LogP contribution is 2.42. The summed E-state index contributed by atoms with van der Waals surface area (Å²) in [5.41, 5.74) is 2.45. The van der Waals surface area contributed by atoms with Crippen LogP contribution in [0.2, 0.25) is 5.02 Å². The van der Waals surface area contributed by atoms with Crippen LogP contribution in [0.25, 0.3) is 0 Å². The third kappa shape index (κ3) is 8.69. The van der Waals surface area contributed by atoms with E-state index < -0.39 is 67.6 Å². The molecular weight excluding hydrogens is 806 g/mol. The topological polar surface area (TPSA) is 117 Å². The van der Waals surface area contributed by atoms with Crippen molar-refractivity contribution >= 4 is 55.1 Å². The molecule has 0 spiro atoms. The second-order valence-corrected chi connectivity index (χ2v) is 16.6. The smallest absolute Gasteiger partial charge is 0.335 e. The zero-order chi connectivity index (χ0) is 39.0. The molecule has 1 saturated carbocycles. The first-order valence-corrected chi connectivity index (χ1v) is 19.0. The lowest BCUT2D eigenvalue weighted by atomic mass is 9.84. The van der Waals surface area contributed by atoms with Crippen LogP contribution >= 0.6 is 27.5 Å². The Hall–Kier alpha value is -4.05. The molecule has 1 N–H and O–H groups in total. The molecular formula is C37H35BrClF4N3O6S. The van der Waals surface area contributed by atoms with Gasteiger partial charge >= 0.3 is 5.97 Å². The maximum Gasteiger partial charge on any atom is 0.335 e. The molecule has 0 saturated heterocycles. The number of carboxylic acid groups (broad SMARTS) is 1. The first-order valence-electron chi connectivity index (χ1n) is 16.4. The van der Waals surface area contributed by atoms with E-state index in [9.17, 15) is 36.3 Å². The van der Waals surface area contributed by atoms with Crippen LogP contribution < -0.4 is 9.64 Å². The zero-order valence-corrected chi connectivity index (χ0v) is 32.2. The van der Waals surface area contributed by atoms with Crippen molar-refractivity contribution < 1.29 is 45.4 Å². The number of rotatable bonds is 13. The van der Waals surface area contributed by atoms with Crippen LogP contribution in [0, 0.1) is 23.3 Å². The van der Waals surface area contributed by atoms with Gasteiger partial charge in [0.2, 0.25) is 15.9 Å². The Morgan fingerprint density at radius 3 is 2.28 bits per heavy atom. The highest BCUT2D eigenvalue weighted by molar-refractivity contribution is 9.10. The molecule has 16 heteroatoms. The summed E-state index contributed by atoms with van der Waals surface area (Å²) in [7, 11) is -5.37. The van der Waals surface area contributed by atoms with E-state index in [-0.39, 0.29) is 46.2 Å². The number of amides is 1. The number of carbonyl (C=O) groups excluding carboxylic acids is 1. The van der Waals surface area contributed by atoms with Crippen molar-refractivity contribution in [1.82, 2.24) is 9.29 Å². The molecule has 282 valence electrons. The number of aromatic nitrogens is 1. The van der Waals surface area contributed by atoms with Gasteiger partial charge in [0.1, 0.15) is 10.6 Å². The van der Waals surface area contributed by atoms with Gasteiger partial charge in [0, 0.05) is 18.9 Å². The third-order valence-electron chi connectivity index (χ3n) is 8.65. The van der Waals surface area contributed by atoms with Gasteiger partial charge in [0.15, 0.2) is 23.3 Å². The van der Waals surface area contributed by atoms with Crippen molar-refractivity contribution in [2.45, 2.75) is 69.9 Å². The largest absolute Gasteiger partial charge is 0.492 e. The third-order valence-corrected chi connectivity index (χ3v) is 11.8. The van der Waals surface area contributed by atoms with Gasteiger partial charge in [0.05, 0.1) is 40.4 Å². The minimum absolute atomic E-state index is 0.00167. The van der Waals surface area contributed by atoms with Gasteiger partial charge in [-0.15, -0.1) is 0 Å². The van der Waals surface area contributed by atoms with Crippen molar-refractivity contribution in [3.05, 3.63) is 115 Å². The number of ether oxygens (including phenoxy) is 1. The van der Waals surface area contributed by atoms with E-state index in [1.807, 2.05) is 32.9 Å². The number of halogens is 6.